The minimum Gasteiger partial charge on any atom is -0.380 e. The van der Waals surface area contributed by atoms with Crippen molar-refractivity contribution in [3.63, 3.8) is 0 Å². The Morgan fingerprint density at radius 3 is 2.85 bits per heavy atom. The van der Waals surface area contributed by atoms with Crippen LogP contribution in [-0.4, -0.2) is 66.4 Å². The van der Waals surface area contributed by atoms with E-state index in [-0.39, 0.29) is 6.04 Å². The zero-order chi connectivity index (χ0) is 14.5. The molecule has 1 fully saturated rings. The fourth-order valence-electron chi connectivity index (χ4n) is 2.70. The summed E-state index contributed by atoms with van der Waals surface area (Å²) in [6.07, 6.45) is 2.57. The van der Waals surface area contributed by atoms with E-state index >= 15 is 0 Å². The summed E-state index contributed by atoms with van der Waals surface area (Å²) in [5, 5.41) is 3.90. The van der Waals surface area contributed by atoms with Crippen LogP contribution in [0.25, 0.3) is 0 Å². The molecule has 1 aliphatic rings. The van der Waals surface area contributed by atoms with Gasteiger partial charge in [-0.25, -0.2) is 0 Å². The SMILES string of the molecule is CCCC(CN1CCN(C)C(c2nc(C)no2)C1)OC. The molecule has 2 heterocycles. The van der Waals surface area contributed by atoms with Crippen molar-refractivity contribution in [2.45, 2.75) is 38.8 Å². The van der Waals surface area contributed by atoms with Crippen LogP contribution in [0, 0.1) is 6.92 Å². The Labute approximate surface area is 121 Å². The summed E-state index contributed by atoms with van der Waals surface area (Å²) in [7, 11) is 3.91. The van der Waals surface area contributed by atoms with Crippen molar-refractivity contribution < 1.29 is 9.26 Å². The Morgan fingerprint density at radius 1 is 1.45 bits per heavy atom. The predicted octanol–water partition coefficient (Wildman–Crippen LogP) is 1.48. The molecule has 1 aromatic rings. The lowest BCUT2D eigenvalue weighted by Crippen LogP contribution is -2.49. The van der Waals surface area contributed by atoms with Crippen LogP contribution < -0.4 is 0 Å². The minimum atomic E-state index is 0.184. The summed E-state index contributed by atoms with van der Waals surface area (Å²) in [5.41, 5.74) is 0. The topological polar surface area (TPSA) is 54.6 Å². The number of rotatable bonds is 6. The number of aryl methyl sites for hydroxylation is 1. The molecular weight excluding hydrogens is 256 g/mol. The first-order valence-corrected chi connectivity index (χ1v) is 7.39. The molecule has 0 bridgehead atoms. The van der Waals surface area contributed by atoms with E-state index in [1.807, 2.05) is 6.92 Å². The van der Waals surface area contributed by atoms with Crippen molar-refractivity contribution in [1.82, 2.24) is 19.9 Å². The third-order valence-corrected chi connectivity index (χ3v) is 3.97. The van der Waals surface area contributed by atoms with Crippen LogP contribution in [0.2, 0.25) is 0 Å². The Bertz CT molecular complexity index is 410. The maximum Gasteiger partial charge on any atom is 0.245 e. The van der Waals surface area contributed by atoms with Crippen molar-refractivity contribution >= 4 is 0 Å². The lowest BCUT2D eigenvalue weighted by molar-refractivity contribution is 0.0184. The molecule has 0 aromatic carbocycles. The van der Waals surface area contributed by atoms with Gasteiger partial charge in [0.2, 0.25) is 5.89 Å². The average Bonchev–Trinajstić information content (AvgIpc) is 2.86. The molecular formula is C14H26N4O2. The van der Waals surface area contributed by atoms with Crippen LogP contribution in [0.4, 0.5) is 0 Å². The fraction of sp³-hybridized carbons (Fsp3) is 0.857. The monoisotopic (exact) mass is 282 g/mol. The van der Waals surface area contributed by atoms with E-state index < -0.39 is 0 Å². The Morgan fingerprint density at radius 2 is 2.25 bits per heavy atom. The molecule has 6 nitrogen and oxygen atoms in total. The van der Waals surface area contributed by atoms with E-state index in [2.05, 4.69) is 33.9 Å². The third-order valence-electron chi connectivity index (χ3n) is 3.97. The number of aromatic nitrogens is 2. The molecule has 1 aromatic heterocycles. The zero-order valence-electron chi connectivity index (χ0n) is 13.0. The van der Waals surface area contributed by atoms with Crippen LogP contribution in [0.1, 0.15) is 37.5 Å². The number of ether oxygens (including phenoxy) is 1. The van der Waals surface area contributed by atoms with Gasteiger partial charge in [0, 0.05) is 33.3 Å². The maximum atomic E-state index is 5.56. The summed E-state index contributed by atoms with van der Waals surface area (Å²) in [6, 6.07) is 0.184. The van der Waals surface area contributed by atoms with Crippen LogP contribution >= 0.6 is 0 Å². The number of likely N-dealkylation sites (N-methyl/N-ethyl adjacent to an activating group) is 1. The first-order valence-electron chi connectivity index (χ1n) is 7.39. The highest BCUT2D eigenvalue weighted by Crippen LogP contribution is 2.23. The van der Waals surface area contributed by atoms with E-state index in [0.29, 0.717) is 11.9 Å². The molecule has 2 atom stereocenters. The van der Waals surface area contributed by atoms with Crippen molar-refractivity contribution in [3.8, 4) is 0 Å². The summed E-state index contributed by atoms with van der Waals surface area (Å²) in [4.78, 5) is 9.10. The van der Waals surface area contributed by atoms with E-state index in [1.165, 1.54) is 0 Å². The standard InChI is InChI=1S/C14H26N4O2/c1-5-6-12(19-4)9-18-8-7-17(3)13(10-18)14-15-11(2)16-20-14/h12-13H,5-10H2,1-4H3. The molecule has 0 saturated carbocycles. The third kappa shape index (κ3) is 3.77. The smallest absolute Gasteiger partial charge is 0.245 e. The minimum absolute atomic E-state index is 0.184. The molecule has 20 heavy (non-hydrogen) atoms. The van der Waals surface area contributed by atoms with Gasteiger partial charge >= 0.3 is 0 Å². The van der Waals surface area contributed by atoms with Gasteiger partial charge in [-0.1, -0.05) is 18.5 Å². The number of methoxy groups -OCH3 is 1. The summed E-state index contributed by atoms with van der Waals surface area (Å²) in [5.74, 6) is 1.42. The van der Waals surface area contributed by atoms with Crippen molar-refractivity contribution in [3.05, 3.63) is 11.7 Å². The second-order valence-electron chi connectivity index (χ2n) is 5.58. The van der Waals surface area contributed by atoms with Gasteiger partial charge in [0.1, 0.15) is 6.04 Å². The number of hydrogen-bond donors (Lipinski definition) is 0. The zero-order valence-corrected chi connectivity index (χ0v) is 13.0. The molecule has 0 radical (unpaired) electrons. The average molecular weight is 282 g/mol. The molecule has 0 spiro atoms. The predicted molar refractivity (Wildman–Crippen MR) is 76.6 cm³/mol. The van der Waals surface area contributed by atoms with Crippen LogP contribution in [-0.2, 0) is 4.74 Å². The lowest BCUT2D eigenvalue weighted by Gasteiger charge is -2.38. The van der Waals surface area contributed by atoms with Crippen LogP contribution in [0.5, 0.6) is 0 Å². The van der Waals surface area contributed by atoms with Crippen LogP contribution in [0.15, 0.2) is 4.52 Å². The number of nitrogens with zero attached hydrogens (tertiary/aromatic N) is 4. The molecule has 1 aliphatic heterocycles. The largest absolute Gasteiger partial charge is 0.380 e. The van der Waals surface area contributed by atoms with Gasteiger partial charge in [0.25, 0.3) is 0 Å². The quantitative estimate of drug-likeness (QED) is 0.788. The maximum absolute atomic E-state index is 5.56. The van der Waals surface area contributed by atoms with E-state index in [0.717, 1.165) is 44.9 Å². The van der Waals surface area contributed by atoms with E-state index in [1.54, 1.807) is 7.11 Å². The summed E-state index contributed by atoms with van der Waals surface area (Å²) < 4.78 is 10.9. The number of hydrogen-bond acceptors (Lipinski definition) is 6. The molecule has 0 N–H and O–H groups in total. The molecule has 1 saturated heterocycles. The van der Waals surface area contributed by atoms with Crippen LogP contribution in [0.3, 0.4) is 0 Å². The summed E-state index contributed by atoms with van der Waals surface area (Å²) in [6.45, 7) is 8.01. The number of piperazine rings is 1. The van der Waals surface area contributed by atoms with Crippen molar-refractivity contribution in [1.29, 1.82) is 0 Å². The van der Waals surface area contributed by atoms with Gasteiger partial charge in [-0.2, -0.15) is 4.98 Å². The first-order chi connectivity index (χ1) is 9.63. The molecule has 2 unspecified atom stereocenters. The van der Waals surface area contributed by atoms with Gasteiger partial charge in [-0.15, -0.1) is 0 Å². The fourth-order valence-corrected chi connectivity index (χ4v) is 2.70. The highest BCUT2D eigenvalue weighted by atomic mass is 16.5. The Hall–Kier alpha value is -0.980. The molecule has 0 amide bonds. The Kier molecular flexibility index (Phi) is 5.51. The molecule has 2 rings (SSSR count). The Balaban J connectivity index is 1.97. The van der Waals surface area contributed by atoms with Gasteiger partial charge in [0.15, 0.2) is 5.82 Å². The lowest BCUT2D eigenvalue weighted by atomic mass is 10.1. The molecule has 6 heteroatoms. The second-order valence-corrected chi connectivity index (χ2v) is 5.58. The van der Waals surface area contributed by atoms with Gasteiger partial charge < -0.3 is 9.26 Å². The van der Waals surface area contributed by atoms with E-state index in [9.17, 15) is 0 Å². The van der Waals surface area contributed by atoms with Crippen molar-refractivity contribution in [2.75, 3.05) is 40.3 Å². The van der Waals surface area contributed by atoms with Gasteiger partial charge in [0.05, 0.1) is 6.10 Å². The summed E-state index contributed by atoms with van der Waals surface area (Å²) >= 11 is 0. The normalized spacial score (nSPS) is 23.1. The van der Waals surface area contributed by atoms with Crippen molar-refractivity contribution in [2.24, 2.45) is 0 Å². The first kappa shape index (κ1) is 15.4. The highest BCUT2D eigenvalue weighted by Gasteiger charge is 2.30. The molecule has 114 valence electrons. The van der Waals surface area contributed by atoms with E-state index in [4.69, 9.17) is 9.26 Å². The van der Waals surface area contributed by atoms with Gasteiger partial charge in [-0.05, 0) is 20.4 Å². The second kappa shape index (κ2) is 7.15. The molecule has 0 aliphatic carbocycles. The highest BCUT2D eigenvalue weighted by molar-refractivity contribution is 4.96. The van der Waals surface area contributed by atoms with Gasteiger partial charge in [-0.3, -0.25) is 9.80 Å².